The van der Waals surface area contributed by atoms with Crippen LogP contribution in [0.3, 0.4) is 0 Å². The summed E-state index contributed by atoms with van der Waals surface area (Å²) in [6.07, 6.45) is 0. The first-order valence-electron chi connectivity index (χ1n) is 7.97. The van der Waals surface area contributed by atoms with E-state index in [9.17, 15) is 0 Å². The Morgan fingerprint density at radius 3 is 2.23 bits per heavy atom. The summed E-state index contributed by atoms with van der Waals surface area (Å²) in [5, 5.41) is 5.01. The van der Waals surface area contributed by atoms with Crippen molar-refractivity contribution in [2.24, 2.45) is 15.8 Å². The molecule has 0 spiro atoms. The van der Waals surface area contributed by atoms with Crippen molar-refractivity contribution in [3.05, 3.63) is 95.0 Å². The first kappa shape index (κ1) is 17.5. The van der Waals surface area contributed by atoms with Gasteiger partial charge >= 0.3 is 0 Å². The van der Waals surface area contributed by atoms with Crippen LogP contribution in [0.15, 0.2) is 89.0 Å². The molecule has 0 atom stereocenters. The molecule has 0 amide bonds. The molecule has 0 saturated heterocycles. The Morgan fingerprint density at radius 1 is 0.885 bits per heavy atom. The van der Waals surface area contributed by atoms with Gasteiger partial charge in [0.15, 0.2) is 0 Å². The number of nitrogens with zero attached hydrogens (tertiary/aromatic N) is 2. The Morgan fingerprint density at radius 2 is 1.54 bits per heavy atom. The van der Waals surface area contributed by atoms with E-state index in [0.29, 0.717) is 22.0 Å². The fourth-order valence-electron chi connectivity index (χ4n) is 2.39. The molecule has 3 aromatic rings. The van der Waals surface area contributed by atoms with E-state index in [4.69, 9.17) is 23.1 Å². The third kappa shape index (κ3) is 4.40. The maximum atomic E-state index is 6.14. The van der Waals surface area contributed by atoms with Crippen LogP contribution in [0.4, 0.5) is 11.4 Å². The standard InChI is InChI=1S/C20H18ClN5/c21-15-11-12-18(22)17(13-15)19(14-7-3-1-4-8-14)25-26-20(23)24-16-9-5-2-6-10-16/h1-13H,22H2,(H3,23,24,26)/b25-19-. The lowest BCUT2D eigenvalue weighted by Gasteiger charge is -2.11. The van der Waals surface area contributed by atoms with E-state index in [0.717, 1.165) is 11.3 Å². The Labute approximate surface area is 157 Å². The van der Waals surface area contributed by atoms with Crippen LogP contribution in [0, 0.1) is 0 Å². The number of nitrogens with two attached hydrogens (primary N) is 2. The number of hydrazone groups is 1. The molecule has 0 aromatic heterocycles. The molecule has 26 heavy (non-hydrogen) atoms. The quantitative estimate of drug-likeness (QED) is 0.284. The highest BCUT2D eigenvalue weighted by molar-refractivity contribution is 6.31. The molecular weight excluding hydrogens is 346 g/mol. The maximum absolute atomic E-state index is 6.14. The van der Waals surface area contributed by atoms with Crippen molar-refractivity contribution >= 4 is 34.6 Å². The molecule has 6 heteroatoms. The lowest BCUT2D eigenvalue weighted by Crippen LogP contribution is -2.28. The van der Waals surface area contributed by atoms with Gasteiger partial charge in [-0.3, -0.25) is 0 Å². The van der Waals surface area contributed by atoms with E-state index < -0.39 is 0 Å². The van der Waals surface area contributed by atoms with Crippen LogP contribution in [0.2, 0.25) is 5.02 Å². The number of guanidine groups is 1. The molecule has 130 valence electrons. The van der Waals surface area contributed by atoms with Gasteiger partial charge in [0.25, 0.3) is 0 Å². The minimum absolute atomic E-state index is 0.172. The van der Waals surface area contributed by atoms with Crippen LogP contribution in [-0.4, -0.2) is 11.7 Å². The molecule has 0 bridgehead atoms. The molecule has 0 heterocycles. The van der Waals surface area contributed by atoms with Crippen LogP contribution < -0.4 is 16.9 Å². The zero-order valence-electron chi connectivity index (χ0n) is 13.9. The second kappa shape index (κ2) is 8.18. The Kier molecular flexibility index (Phi) is 5.51. The molecule has 0 unspecified atom stereocenters. The zero-order valence-corrected chi connectivity index (χ0v) is 14.7. The summed E-state index contributed by atoms with van der Waals surface area (Å²) in [5.74, 6) is 0.172. The summed E-state index contributed by atoms with van der Waals surface area (Å²) in [5.41, 5.74) is 18.4. The molecule has 5 nitrogen and oxygen atoms in total. The number of hydrogen-bond acceptors (Lipinski definition) is 3. The number of nitrogens with one attached hydrogen (secondary N) is 1. The van der Waals surface area contributed by atoms with Crippen molar-refractivity contribution in [3.8, 4) is 0 Å². The average Bonchev–Trinajstić information content (AvgIpc) is 2.66. The van der Waals surface area contributed by atoms with Gasteiger partial charge in [0, 0.05) is 21.8 Å². The second-order valence-electron chi connectivity index (χ2n) is 5.50. The monoisotopic (exact) mass is 363 g/mol. The molecule has 0 aliphatic rings. The van der Waals surface area contributed by atoms with Gasteiger partial charge in [0.05, 0.1) is 11.4 Å². The van der Waals surface area contributed by atoms with E-state index in [1.165, 1.54) is 0 Å². The molecular formula is C20H18ClN5. The smallest absolute Gasteiger partial charge is 0.214 e. The maximum Gasteiger partial charge on any atom is 0.214 e. The summed E-state index contributed by atoms with van der Waals surface area (Å²) in [6.45, 7) is 0. The SMILES string of the molecule is NC(=Nc1ccccc1)N/N=C(/c1ccccc1)c1cc(Cl)ccc1N. The van der Waals surface area contributed by atoms with E-state index in [1.54, 1.807) is 18.2 Å². The number of nitrogen functional groups attached to an aromatic ring is 1. The third-order valence-electron chi connectivity index (χ3n) is 3.61. The number of aliphatic imine (C=N–C) groups is 1. The predicted molar refractivity (Wildman–Crippen MR) is 109 cm³/mol. The Balaban J connectivity index is 1.97. The number of anilines is 1. The molecule has 0 fully saturated rings. The van der Waals surface area contributed by atoms with Gasteiger partial charge in [-0.15, -0.1) is 0 Å². The first-order valence-corrected chi connectivity index (χ1v) is 8.35. The van der Waals surface area contributed by atoms with E-state index in [2.05, 4.69) is 15.5 Å². The summed E-state index contributed by atoms with van der Waals surface area (Å²) in [7, 11) is 0. The fraction of sp³-hybridized carbons (Fsp3) is 0. The highest BCUT2D eigenvalue weighted by Gasteiger charge is 2.11. The highest BCUT2D eigenvalue weighted by atomic mass is 35.5. The van der Waals surface area contributed by atoms with Gasteiger partial charge in [0.1, 0.15) is 0 Å². The summed E-state index contributed by atoms with van der Waals surface area (Å²) in [4.78, 5) is 4.28. The second-order valence-corrected chi connectivity index (χ2v) is 5.94. The van der Waals surface area contributed by atoms with Crippen molar-refractivity contribution in [2.45, 2.75) is 0 Å². The largest absolute Gasteiger partial charge is 0.398 e. The minimum Gasteiger partial charge on any atom is -0.398 e. The van der Waals surface area contributed by atoms with Gasteiger partial charge in [-0.05, 0) is 30.3 Å². The third-order valence-corrected chi connectivity index (χ3v) is 3.84. The Bertz CT molecular complexity index is 937. The molecule has 0 saturated carbocycles. The lowest BCUT2D eigenvalue weighted by molar-refractivity contribution is 1.01. The van der Waals surface area contributed by atoms with Crippen LogP contribution >= 0.6 is 11.6 Å². The normalized spacial score (nSPS) is 12.0. The molecule has 3 aromatic carbocycles. The molecule has 0 aliphatic carbocycles. The molecule has 3 rings (SSSR count). The average molecular weight is 364 g/mol. The van der Waals surface area contributed by atoms with Crippen molar-refractivity contribution in [1.29, 1.82) is 0 Å². The van der Waals surface area contributed by atoms with Gasteiger partial charge in [0.2, 0.25) is 5.96 Å². The zero-order chi connectivity index (χ0) is 18.4. The van der Waals surface area contributed by atoms with E-state index >= 15 is 0 Å². The van der Waals surface area contributed by atoms with Crippen molar-refractivity contribution in [2.75, 3.05) is 5.73 Å². The topological polar surface area (TPSA) is 88.8 Å². The summed E-state index contributed by atoms with van der Waals surface area (Å²) in [6, 6.07) is 24.3. The predicted octanol–water partition coefficient (Wildman–Crippen LogP) is 3.91. The Hall–Kier alpha value is -3.31. The van der Waals surface area contributed by atoms with Crippen LogP contribution in [0.1, 0.15) is 11.1 Å². The summed E-state index contributed by atoms with van der Waals surface area (Å²) >= 11 is 6.14. The molecule has 0 radical (unpaired) electrons. The summed E-state index contributed by atoms with van der Waals surface area (Å²) < 4.78 is 0. The minimum atomic E-state index is 0.172. The molecule has 5 N–H and O–H groups in total. The highest BCUT2D eigenvalue weighted by Crippen LogP contribution is 2.21. The lowest BCUT2D eigenvalue weighted by atomic mass is 10.0. The molecule has 0 aliphatic heterocycles. The van der Waals surface area contributed by atoms with Crippen LogP contribution in [-0.2, 0) is 0 Å². The first-order chi connectivity index (χ1) is 12.6. The fourth-order valence-corrected chi connectivity index (χ4v) is 2.56. The number of rotatable bonds is 4. The van der Waals surface area contributed by atoms with Crippen LogP contribution in [0.25, 0.3) is 0 Å². The number of hydrogen-bond donors (Lipinski definition) is 3. The van der Waals surface area contributed by atoms with Crippen LogP contribution in [0.5, 0.6) is 0 Å². The van der Waals surface area contributed by atoms with Crippen molar-refractivity contribution in [1.82, 2.24) is 5.43 Å². The number of halogens is 1. The number of benzene rings is 3. The van der Waals surface area contributed by atoms with E-state index in [-0.39, 0.29) is 5.96 Å². The van der Waals surface area contributed by atoms with Gasteiger partial charge < -0.3 is 11.5 Å². The number of para-hydroxylation sites is 1. The van der Waals surface area contributed by atoms with Gasteiger partial charge in [-0.25, -0.2) is 10.4 Å². The van der Waals surface area contributed by atoms with Gasteiger partial charge in [-0.1, -0.05) is 60.1 Å². The van der Waals surface area contributed by atoms with E-state index in [1.807, 2.05) is 60.7 Å². The van der Waals surface area contributed by atoms with Gasteiger partial charge in [-0.2, -0.15) is 5.10 Å². The van der Waals surface area contributed by atoms with Crippen molar-refractivity contribution < 1.29 is 0 Å². The van der Waals surface area contributed by atoms with Crippen molar-refractivity contribution in [3.63, 3.8) is 0 Å².